The second kappa shape index (κ2) is 5.88. The predicted octanol–water partition coefficient (Wildman–Crippen LogP) is 5.08. The van der Waals surface area contributed by atoms with Crippen molar-refractivity contribution in [3.8, 4) is 5.75 Å². The van der Waals surface area contributed by atoms with Crippen LogP contribution < -0.4 is 4.74 Å². The van der Waals surface area contributed by atoms with E-state index in [9.17, 15) is 4.39 Å². The van der Waals surface area contributed by atoms with Crippen LogP contribution in [-0.2, 0) is 5.41 Å². The van der Waals surface area contributed by atoms with Gasteiger partial charge in [0.25, 0.3) is 0 Å². The largest absolute Gasteiger partial charge is 0.497 e. The fourth-order valence-corrected chi connectivity index (χ4v) is 3.60. The maximum absolute atomic E-state index is 13.7. The zero-order valence-electron chi connectivity index (χ0n) is 12.4. The van der Waals surface area contributed by atoms with Gasteiger partial charge in [-0.1, -0.05) is 43.5 Å². The smallest absolute Gasteiger partial charge is 0.123 e. The molecule has 1 nitrogen and oxygen atoms in total. The Morgan fingerprint density at radius 2 is 1.62 bits per heavy atom. The Kier molecular flexibility index (Phi) is 3.96. The van der Waals surface area contributed by atoms with E-state index < -0.39 is 0 Å². The predicted molar refractivity (Wildman–Crippen MR) is 83.3 cm³/mol. The number of benzene rings is 2. The lowest BCUT2D eigenvalue weighted by molar-refractivity contribution is 0.344. The number of rotatable bonds is 3. The van der Waals surface area contributed by atoms with Crippen molar-refractivity contribution in [3.63, 3.8) is 0 Å². The fourth-order valence-electron chi connectivity index (χ4n) is 3.60. The Morgan fingerprint density at radius 3 is 2.24 bits per heavy atom. The third kappa shape index (κ3) is 2.67. The summed E-state index contributed by atoms with van der Waals surface area (Å²) in [6.07, 6.45) is 5.84. The quantitative estimate of drug-likeness (QED) is 0.763. The topological polar surface area (TPSA) is 9.23 Å². The van der Waals surface area contributed by atoms with E-state index in [0.717, 1.165) is 24.2 Å². The van der Waals surface area contributed by atoms with Crippen molar-refractivity contribution in [2.75, 3.05) is 7.11 Å². The molecule has 0 saturated heterocycles. The molecule has 2 aromatic rings. The number of hydrogen-bond acceptors (Lipinski definition) is 1. The van der Waals surface area contributed by atoms with E-state index >= 15 is 0 Å². The van der Waals surface area contributed by atoms with Crippen LogP contribution >= 0.6 is 0 Å². The van der Waals surface area contributed by atoms with Crippen LogP contribution in [0.1, 0.15) is 43.2 Å². The molecule has 0 unspecified atom stereocenters. The molecule has 110 valence electrons. The van der Waals surface area contributed by atoms with E-state index in [1.165, 1.54) is 30.9 Å². The number of ether oxygens (including phenoxy) is 1. The molecule has 0 radical (unpaired) electrons. The molecule has 0 amide bonds. The lowest BCUT2D eigenvalue weighted by atomic mass is 9.65. The summed E-state index contributed by atoms with van der Waals surface area (Å²) < 4.78 is 19.0. The second-order valence-electron chi connectivity index (χ2n) is 5.88. The zero-order chi connectivity index (χ0) is 14.7. The monoisotopic (exact) mass is 284 g/mol. The number of methoxy groups -OCH3 is 1. The third-order valence-corrected chi connectivity index (χ3v) is 4.73. The molecule has 2 heteroatoms. The van der Waals surface area contributed by atoms with Crippen LogP contribution in [0.15, 0.2) is 48.5 Å². The Hall–Kier alpha value is -1.83. The minimum Gasteiger partial charge on any atom is -0.497 e. The van der Waals surface area contributed by atoms with Gasteiger partial charge >= 0.3 is 0 Å². The van der Waals surface area contributed by atoms with E-state index in [4.69, 9.17) is 4.74 Å². The van der Waals surface area contributed by atoms with Gasteiger partial charge in [0.1, 0.15) is 11.6 Å². The highest BCUT2D eigenvalue weighted by Gasteiger charge is 2.35. The normalized spacial score (nSPS) is 17.4. The maximum Gasteiger partial charge on any atom is 0.123 e. The summed E-state index contributed by atoms with van der Waals surface area (Å²) in [6.45, 7) is 0. The summed E-state index contributed by atoms with van der Waals surface area (Å²) >= 11 is 0. The van der Waals surface area contributed by atoms with Crippen molar-refractivity contribution in [1.82, 2.24) is 0 Å². The first-order valence-electron chi connectivity index (χ1n) is 7.65. The Balaban J connectivity index is 2.07. The van der Waals surface area contributed by atoms with Crippen LogP contribution in [-0.4, -0.2) is 7.11 Å². The molecule has 2 aromatic carbocycles. The van der Waals surface area contributed by atoms with Gasteiger partial charge in [-0.2, -0.15) is 0 Å². The molecule has 1 fully saturated rings. The Labute approximate surface area is 125 Å². The highest BCUT2D eigenvalue weighted by molar-refractivity contribution is 5.42. The van der Waals surface area contributed by atoms with E-state index in [-0.39, 0.29) is 11.2 Å². The zero-order valence-corrected chi connectivity index (χ0v) is 12.4. The van der Waals surface area contributed by atoms with Crippen molar-refractivity contribution < 1.29 is 9.13 Å². The van der Waals surface area contributed by atoms with Crippen LogP contribution in [0.5, 0.6) is 5.75 Å². The minimum absolute atomic E-state index is 0.0490. The average Bonchev–Trinajstić information content (AvgIpc) is 2.55. The molecule has 1 aliphatic carbocycles. The summed E-state index contributed by atoms with van der Waals surface area (Å²) in [6, 6.07) is 15.4. The molecule has 0 aliphatic heterocycles. The van der Waals surface area contributed by atoms with Crippen molar-refractivity contribution in [3.05, 3.63) is 65.5 Å². The van der Waals surface area contributed by atoms with Crippen molar-refractivity contribution in [2.24, 2.45) is 0 Å². The van der Waals surface area contributed by atoms with Gasteiger partial charge in [0, 0.05) is 5.41 Å². The number of hydrogen-bond donors (Lipinski definition) is 0. The Bertz CT molecular complexity index is 597. The fraction of sp³-hybridized carbons (Fsp3) is 0.368. The molecule has 0 atom stereocenters. The third-order valence-electron chi connectivity index (χ3n) is 4.73. The van der Waals surface area contributed by atoms with Crippen LogP contribution in [0.25, 0.3) is 0 Å². The lowest BCUT2D eigenvalue weighted by Crippen LogP contribution is -2.30. The first-order chi connectivity index (χ1) is 10.2. The van der Waals surface area contributed by atoms with E-state index in [2.05, 4.69) is 18.2 Å². The van der Waals surface area contributed by atoms with Gasteiger partial charge in [-0.05, 0) is 48.2 Å². The average molecular weight is 284 g/mol. The summed E-state index contributed by atoms with van der Waals surface area (Å²) in [5.74, 6) is 0.718. The summed E-state index contributed by atoms with van der Waals surface area (Å²) in [4.78, 5) is 0. The van der Waals surface area contributed by atoms with Crippen LogP contribution in [0.2, 0.25) is 0 Å². The number of halogens is 1. The first kappa shape index (κ1) is 14.1. The van der Waals surface area contributed by atoms with Gasteiger partial charge < -0.3 is 4.74 Å². The molecule has 21 heavy (non-hydrogen) atoms. The maximum atomic E-state index is 13.7. The van der Waals surface area contributed by atoms with Crippen molar-refractivity contribution in [1.29, 1.82) is 0 Å². The second-order valence-corrected chi connectivity index (χ2v) is 5.88. The molecule has 3 rings (SSSR count). The lowest BCUT2D eigenvalue weighted by Gasteiger charge is -2.38. The molecular formula is C19H21FO. The van der Waals surface area contributed by atoms with Crippen LogP contribution in [0.4, 0.5) is 4.39 Å². The molecule has 0 heterocycles. The van der Waals surface area contributed by atoms with Crippen LogP contribution in [0.3, 0.4) is 0 Å². The van der Waals surface area contributed by atoms with Crippen LogP contribution in [0, 0.1) is 5.82 Å². The Morgan fingerprint density at radius 1 is 0.905 bits per heavy atom. The van der Waals surface area contributed by atoms with Gasteiger partial charge in [0.2, 0.25) is 0 Å². The first-order valence-corrected chi connectivity index (χ1v) is 7.65. The standard InChI is InChI=1S/C19H21FO/c1-21-18-10-8-15(9-11-18)19(12-3-2-4-13-19)16-6-5-7-17(20)14-16/h5-11,14H,2-4,12-13H2,1H3. The molecule has 1 aliphatic rings. The van der Waals surface area contributed by atoms with E-state index in [0.29, 0.717) is 0 Å². The van der Waals surface area contributed by atoms with Gasteiger partial charge in [-0.3, -0.25) is 0 Å². The van der Waals surface area contributed by atoms with E-state index in [1.54, 1.807) is 13.2 Å². The van der Waals surface area contributed by atoms with Crippen molar-refractivity contribution in [2.45, 2.75) is 37.5 Å². The molecule has 0 spiro atoms. The minimum atomic E-state index is -0.147. The SMILES string of the molecule is COc1ccc(C2(c3cccc(F)c3)CCCCC2)cc1. The molecular weight excluding hydrogens is 263 g/mol. The molecule has 0 aromatic heterocycles. The molecule has 1 saturated carbocycles. The molecule has 0 N–H and O–H groups in total. The van der Waals surface area contributed by atoms with Gasteiger partial charge in [-0.15, -0.1) is 0 Å². The van der Waals surface area contributed by atoms with E-state index in [1.807, 2.05) is 18.2 Å². The van der Waals surface area contributed by atoms with Crippen molar-refractivity contribution >= 4 is 0 Å². The van der Waals surface area contributed by atoms with Gasteiger partial charge in [-0.25, -0.2) is 4.39 Å². The summed E-state index contributed by atoms with van der Waals surface area (Å²) in [7, 11) is 1.68. The van der Waals surface area contributed by atoms with Gasteiger partial charge in [0.05, 0.1) is 7.11 Å². The highest BCUT2D eigenvalue weighted by Crippen LogP contribution is 2.45. The molecule has 0 bridgehead atoms. The summed E-state index contributed by atoms with van der Waals surface area (Å²) in [5.41, 5.74) is 2.33. The highest BCUT2D eigenvalue weighted by atomic mass is 19.1. The van der Waals surface area contributed by atoms with Gasteiger partial charge in [0.15, 0.2) is 0 Å². The summed E-state index contributed by atoms with van der Waals surface area (Å²) in [5, 5.41) is 0.